The summed E-state index contributed by atoms with van der Waals surface area (Å²) < 4.78 is 39.5. The van der Waals surface area contributed by atoms with Crippen molar-refractivity contribution in [3.63, 3.8) is 0 Å². The predicted molar refractivity (Wildman–Crippen MR) is 91.3 cm³/mol. The highest BCUT2D eigenvalue weighted by molar-refractivity contribution is 5.33. The van der Waals surface area contributed by atoms with Crippen LogP contribution in [0, 0.1) is 6.92 Å². The predicted octanol–water partition coefficient (Wildman–Crippen LogP) is 3.79. The molecule has 1 aliphatic heterocycles. The molecule has 0 bridgehead atoms. The SMILES string of the molecule is Cc1ccc(C(c2cccc(C(F)(F)F)c2)N2CCCNCC2)nc1. The van der Waals surface area contributed by atoms with Crippen molar-refractivity contribution < 1.29 is 13.2 Å². The molecule has 1 atom stereocenters. The number of nitrogens with one attached hydrogen (secondary N) is 1. The van der Waals surface area contributed by atoms with E-state index >= 15 is 0 Å². The molecule has 1 aromatic carbocycles. The summed E-state index contributed by atoms with van der Waals surface area (Å²) in [6.07, 6.45) is -1.62. The van der Waals surface area contributed by atoms with E-state index in [1.54, 1.807) is 12.3 Å². The lowest BCUT2D eigenvalue weighted by molar-refractivity contribution is -0.137. The lowest BCUT2D eigenvalue weighted by Crippen LogP contribution is -2.33. The van der Waals surface area contributed by atoms with Gasteiger partial charge in [-0.25, -0.2) is 0 Å². The number of alkyl halides is 3. The van der Waals surface area contributed by atoms with Crippen LogP contribution in [0.1, 0.15) is 34.8 Å². The zero-order valence-corrected chi connectivity index (χ0v) is 14.2. The van der Waals surface area contributed by atoms with Gasteiger partial charge >= 0.3 is 6.18 Å². The molecule has 1 aromatic heterocycles. The van der Waals surface area contributed by atoms with Crippen molar-refractivity contribution in [3.8, 4) is 0 Å². The Hall–Kier alpha value is -1.92. The fourth-order valence-electron chi connectivity index (χ4n) is 3.22. The van der Waals surface area contributed by atoms with Gasteiger partial charge in [0.25, 0.3) is 0 Å². The van der Waals surface area contributed by atoms with Crippen molar-refractivity contribution in [2.75, 3.05) is 26.2 Å². The second-order valence-electron chi connectivity index (χ2n) is 6.43. The van der Waals surface area contributed by atoms with E-state index in [9.17, 15) is 13.2 Å². The number of rotatable bonds is 3. The highest BCUT2D eigenvalue weighted by atomic mass is 19.4. The average Bonchev–Trinajstić information content (AvgIpc) is 2.86. The molecule has 0 spiro atoms. The third kappa shape index (κ3) is 4.38. The molecule has 0 amide bonds. The lowest BCUT2D eigenvalue weighted by atomic mass is 9.98. The Morgan fingerprint density at radius 1 is 1.12 bits per heavy atom. The van der Waals surface area contributed by atoms with Crippen LogP contribution in [0.3, 0.4) is 0 Å². The number of benzene rings is 1. The number of pyridine rings is 1. The first-order valence-electron chi connectivity index (χ1n) is 8.49. The monoisotopic (exact) mass is 349 g/mol. The summed E-state index contributed by atoms with van der Waals surface area (Å²) in [7, 11) is 0. The quantitative estimate of drug-likeness (QED) is 0.914. The smallest absolute Gasteiger partial charge is 0.315 e. The molecule has 3 nitrogen and oxygen atoms in total. The number of hydrogen-bond acceptors (Lipinski definition) is 3. The van der Waals surface area contributed by atoms with Gasteiger partial charge in [-0.15, -0.1) is 0 Å². The molecule has 0 aliphatic carbocycles. The molecule has 1 fully saturated rings. The van der Waals surface area contributed by atoms with Crippen molar-refractivity contribution in [3.05, 3.63) is 65.0 Å². The van der Waals surface area contributed by atoms with Gasteiger partial charge in [0.05, 0.1) is 17.3 Å². The van der Waals surface area contributed by atoms with Crippen LogP contribution >= 0.6 is 0 Å². The molecule has 1 N–H and O–H groups in total. The van der Waals surface area contributed by atoms with Crippen molar-refractivity contribution in [1.29, 1.82) is 0 Å². The molecule has 1 saturated heterocycles. The van der Waals surface area contributed by atoms with E-state index < -0.39 is 11.7 Å². The van der Waals surface area contributed by atoms with Crippen LogP contribution in [0.2, 0.25) is 0 Å². The van der Waals surface area contributed by atoms with Gasteiger partial charge in [-0.2, -0.15) is 13.2 Å². The first kappa shape index (κ1) is 17.9. The maximum absolute atomic E-state index is 13.2. The Labute approximate surface area is 145 Å². The molecule has 0 saturated carbocycles. The molecule has 6 heteroatoms. The number of aromatic nitrogens is 1. The summed E-state index contributed by atoms with van der Waals surface area (Å²) in [4.78, 5) is 6.72. The molecule has 0 radical (unpaired) electrons. The van der Waals surface area contributed by atoms with E-state index in [0.717, 1.165) is 49.9 Å². The third-order valence-electron chi connectivity index (χ3n) is 4.48. The molecular weight excluding hydrogens is 327 g/mol. The molecule has 3 rings (SSSR count). The first-order chi connectivity index (χ1) is 11.9. The fourth-order valence-corrected chi connectivity index (χ4v) is 3.22. The molecule has 25 heavy (non-hydrogen) atoms. The summed E-state index contributed by atoms with van der Waals surface area (Å²) in [5, 5.41) is 3.34. The molecule has 1 unspecified atom stereocenters. The number of nitrogens with zero attached hydrogens (tertiary/aromatic N) is 2. The lowest BCUT2D eigenvalue weighted by Gasteiger charge is -2.31. The van der Waals surface area contributed by atoms with Crippen LogP contribution in [0.4, 0.5) is 13.2 Å². The van der Waals surface area contributed by atoms with Crippen LogP contribution in [0.25, 0.3) is 0 Å². The van der Waals surface area contributed by atoms with Crippen LogP contribution in [0.15, 0.2) is 42.6 Å². The number of hydrogen-bond donors (Lipinski definition) is 1. The Morgan fingerprint density at radius 2 is 1.96 bits per heavy atom. The van der Waals surface area contributed by atoms with Crippen molar-refractivity contribution in [1.82, 2.24) is 15.2 Å². The van der Waals surface area contributed by atoms with Crippen LogP contribution in [-0.4, -0.2) is 36.1 Å². The molecular formula is C19H22F3N3. The molecule has 2 aromatic rings. The Bertz CT molecular complexity index is 690. The van der Waals surface area contributed by atoms with E-state index in [1.807, 2.05) is 19.1 Å². The van der Waals surface area contributed by atoms with Crippen LogP contribution in [-0.2, 0) is 6.18 Å². The van der Waals surface area contributed by atoms with Crippen molar-refractivity contribution >= 4 is 0 Å². The molecule has 2 heterocycles. The topological polar surface area (TPSA) is 28.2 Å². The Kier molecular flexibility index (Phi) is 5.39. The van der Waals surface area contributed by atoms with Gasteiger partial charge in [0.2, 0.25) is 0 Å². The van der Waals surface area contributed by atoms with Gasteiger partial charge in [0.1, 0.15) is 0 Å². The van der Waals surface area contributed by atoms with E-state index in [2.05, 4.69) is 15.2 Å². The zero-order valence-electron chi connectivity index (χ0n) is 14.2. The zero-order chi connectivity index (χ0) is 17.9. The van der Waals surface area contributed by atoms with Gasteiger partial charge in [0.15, 0.2) is 0 Å². The van der Waals surface area contributed by atoms with Gasteiger partial charge < -0.3 is 5.32 Å². The van der Waals surface area contributed by atoms with Gasteiger partial charge in [-0.1, -0.05) is 18.2 Å². The van der Waals surface area contributed by atoms with Gasteiger partial charge in [-0.05, 0) is 49.2 Å². The van der Waals surface area contributed by atoms with E-state index in [1.165, 1.54) is 12.1 Å². The minimum atomic E-state index is -4.35. The summed E-state index contributed by atoms with van der Waals surface area (Å²) in [5.41, 5.74) is 1.83. The second-order valence-corrected chi connectivity index (χ2v) is 6.43. The third-order valence-corrected chi connectivity index (χ3v) is 4.48. The van der Waals surface area contributed by atoms with Crippen LogP contribution in [0.5, 0.6) is 0 Å². The van der Waals surface area contributed by atoms with Gasteiger partial charge in [0, 0.05) is 25.8 Å². The van der Waals surface area contributed by atoms with Crippen molar-refractivity contribution in [2.24, 2.45) is 0 Å². The largest absolute Gasteiger partial charge is 0.416 e. The van der Waals surface area contributed by atoms with Gasteiger partial charge in [-0.3, -0.25) is 9.88 Å². The summed E-state index contributed by atoms with van der Waals surface area (Å²) in [6, 6.07) is 9.22. The summed E-state index contributed by atoms with van der Waals surface area (Å²) in [5.74, 6) is 0. The minimum absolute atomic E-state index is 0.275. The minimum Gasteiger partial charge on any atom is -0.315 e. The average molecular weight is 349 g/mol. The second kappa shape index (κ2) is 7.54. The van der Waals surface area contributed by atoms with E-state index in [0.29, 0.717) is 5.56 Å². The highest BCUT2D eigenvalue weighted by Gasteiger charge is 2.32. The Morgan fingerprint density at radius 3 is 2.68 bits per heavy atom. The number of halogens is 3. The van der Waals surface area contributed by atoms with Crippen LogP contribution < -0.4 is 5.32 Å². The highest BCUT2D eigenvalue weighted by Crippen LogP contribution is 2.34. The normalized spacial score (nSPS) is 17.9. The maximum Gasteiger partial charge on any atom is 0.416 e. The van der Waals surface area contributed by atoms with E-state index in [-0.39, 0.29) is 6.04 Å². The summed E-state index contributed by atoms with van der Waals surface area (Å²) >= 11 is 0. The number of aryl methyl sites for hydroxylation is 1. The molecule has 1 aliphatic rings. The van der Waals surface area contributed by atoms with E-state index in [4.69, 9.17) is 0 Å². The fraction of sp³-hybridized carbons (Fsp3) is 0.421. The first-order valence-corrected chi connectivity index (χ1v) is 8.49. The van der Waals surface area contributed by atoms with Crippen molar-refractivity contribution in [2.45, 2.75) is 25.6 Å². The standard InChI is InChI=1S/C19H22F3N3/c1-14-6-7-17(24-13-14)18(25-10-3-8-23-9-11-25)15-4-2-5-16(12-15)19(20,21)22/h2,4-7,12-13,18,23H,3,8-11H2,1H3. The molecule has 134 valence electrons. The maximum atomic E-state index is 13.2. The summed E-state index contributed by atoms with van der Waals surface area (Å²) in [6.45, 7) is 5.29. The Balaban J connectivity index is 2.02.